The molecule has 0 N–H and O–H groups in total. The van der Waals surface area contributed by atoms with Crippen molar-refractivity contribution in [2.24, 2.45) is 0 Å². The number of allylic oxidation sites excluding steroid dienone is 1. The van der Waals surface area contributed by atoms with Crippen LogP contribution in [0.25, 0.3) is 27.3 Å². The average molecular weight is 716 g/mol. The minimum Gasteiger partial charge on any atom is -0.311 e. The molecule has 1 aliphatic rings. The van der Waals surface area contributed by atoms with Gasteiger partial charge in [-0.3, -0.25) is 4.79 Å². The topological polar surface area (TPSA) is 20.3 Å². The Morgan fingerprint density at radius 1 is 0.623 bits per heavy atom. The Morgan fingerprint density at radius 2 is 1.11 bits per heavy atom. The number of Topliss-reactive ketones (excluding diaryl/α,β-unsaturated/α-hetero) is 1. The van der Waals surface area contributed by atoms with Crippen molar-refractivity contribution in [2.75, 3.05) is 4.90 Å². The first-order valence-electron chi connectivity index (χ1n) is 19.3. The Labute approximate surface area is 321 Å². The molecule has 2 nitrogen and oxygen atoms in total. The third kappa shape index (κ3) is 7.04. The van der Waals surface area contributed by atoms with E-state index in [0.29, 0.717) is 0 Å². The second-order valence-electron chi connectivity index (χ2n) is 16.9. The molecule has 1 aliphatic carbocycles. The molecule has 0 radical (unpaired) electrons. The summed E-state index contributed by atoms with van der Waals surface area (Å²) in [5, 5.41) is 2.34. The molecule has 6 aromatic rings. The molecule has 53 heavy (non-hydrogen) atoms. The van der Waals surface area contributed by atoms with E-state index in [-0.39, 0.29) is 22.0 Å². The first-order valence-corrected chi connectivity index (χ1v) is 20.2. The van der Waals surface area contributed by atoms with Crippen LogP contribution in [-0.4, -0.2) is 5.78 Å². The SMILES string of the molecule is CCCC1(CCC)/C(=C\c2ccc(-c3ccc(N(c4ccc(C(C)(C)C)cc4)c4ccc(C(C)(C)C)cc4)cc3)s2)C(=O)c2cc3ccccc3cc21. The van der Waals surface area contributed by atoms with Gasteiger partial charge in [0.05, 0.1) is 0 Å². The third-order valence-electron chi connectivity index (χ3n) is 11.1. The van der Waals surface area contributed by atoms with Crippen LogP contribution >= 0.6 is 11.3 Å². The van der Waals surface area contributed by atoms with E-state index in [1.807, 2.05) is 0 Å². The lowest BCUT2D eigenvalue weighted by molar-refractivity contribution is 0.103. The van der Waals surface area contributed by atoms with E-state index in [2.05, 4.69) is 188 Å². The maximum atomic E-state index is 14.3. The number of hydrogen-bond donors (Lipinski definition) is 0. The highest BCUT2D eigenvalue weighted by Gasteiger charge is 2.46. The van der Waals surface area contributed by atoms with Gasteiger partial charge in [-0.15, -0.1) is 11.3 Å². The molecule has 0 saturated heterocycles. The van der Waals surface area contributed by atoms with Crippen LogP contribution in [0.3, 0.4) is 0 Å². The van der Waals surface area contributed by atoms with Gasteiger partial charge in [0.25, 0.3) is 0 Å². The lowest BCUT2D eigenvalue weighted by atomic mass is 9.71. The van der Waals surface area contributed by atoms with Gasteiger partial charge in [0.1, 0.15) is 0 Å². The number of hydrogen-bond acceptors (Lipinski definition) is 3. The lowest BCUT2D eigenvalue weighted by Crippen LogP contribution is -2.26. The van der Waals surface area contributed by atoms with E-state index in [1.165, 1.54) is 32.5 Å². The molecule has 5 aromatic carbocycles. The van der Waals surface area contributed by atoms with E-state index in [4.69, 9.17) is 0 Å². The van der Waals surface area contributed by atoms with Gasteiger partial charge in [-0.25, -0.2) is 0 Å². The van der Waals surface area contributed by atoms with Gasteiger partial charge in [-0.1, -0.05) is 129 Å². The number of carbonyl (C=O) groups is 1. The molecule has 0 unspecified atom stereocenters. The van der Waals surface area contributed by atoms with Crippen LogP contribution in [0.5, 0.6) is 0 Å². The molecular weight excluding hydrogens is 663 g/mol. The highest BCUT2D eigenvalue weighted by atomic mass is 32.1. The van der Waals surface area contributed by atoms with Crippen molar-refractivity contribution in [1.82, 2.24) is 0 Å². The Kier molecular flexibility index (Phi) is 9.85. The number of ketones is 1. The predicted molar refractivity (Wildman–Crippen MR) is 230 cm³/mol. The summed E-state index contributed by atoms with van der Waals surface area (Å²) < 4.78 is 0. The van der Waals surface area contributed by atoms with E-state index in [0.717, 1.165) is 64.1 Å². The number of rotatable bonds is 9. The minimum atomic E-state index is -0.259. The van der Waals surface area contributed by atoms with Gasteiger partial charge in [0, 0.05) is 43.4 Å². The smallest absolute Gasteiger partial charge is 0.190 e. The van der Waals surface area contributed by atoms with E-state index in [1.54, 1.807) is 11.3 Å². The molecule has 1 heterocycles. The van der Waals surface area contributed by atoms with Gasteiger partial charge in [-0.05, 0) is 123 Å². The largest absolute Gasteiger partial charge is 0.311 e. The molecule has 0 atom stereocenters. The first kappa shape index (κ1) is 36.6. The first-order chi connectivity index (χ1) is 25.3. The Morgan fingerprint density at radius 3 is 1.60 bits per heavy atom. The fourth-order valence-corrected chi connectivity index (χ4v) is 9.18. The summed E-state index contributed by atoms with van der Waals surface area (Å²) in [5.41, 5.74) is 10.2. The molecule has 0 fully saturated rings. The summed E-state index contributed by atoms with van der Waals surface area (Å²) in [6.45, 7) is 18.0. The number of benzene rings is 5. The number of anilines is 3. The highest BCUT2D eigenvalue weighted by Crippen LogP contribution is 2.51. The fraction of sp³-hybridized carbons (Fsp3) is 0.300. The maximum Gasteiger partial charge on any atom is 0.190 e. The molecule has 3 heteroatoms. The van der Waals surface area contributed by atoms with Gasteiger partial charge in [0.2, 0.25) is 0 Å². The van der Waals surface area contributed by atoms with Gasteiger partial charge < -0.3 is 4.90 Å². The van der Waals surface area contributed by atoms with Crippen LogP contribution in [-0.2, 0) is 16.2 Å². The molecule has 7 rings (SSSR count). The van der Waals surface area contributed by atoms with Crippen LogP contribution in [0.1, 0.15) is 113 Å². The Hall–Kier alpha value is -4.73. The molecule has 0 bridgehead atoms. The maximum absolute atomic E-state index is 14.3. The highest BCUT2D eigenvalue weighted by molar-refractivity contribution is 7.16. The second kappa shape index (κ2) is 14.3. The number of carbonyl (C=O) groups excluding carboxylic acids is 1. The lowest BCUT2D eigenvalue weighted by Gasteiger charge is -2.31. The minimum absolute atomic E-state index is 0.0893. The number of thiophene rings is 1. The van der Waals surface area contributed by atoms with Crippen LogP contribution in [0.15, 0.2) is 127 Å². The van der Waals surface area contributed by atoms with Crippen molar-refractivity contribution in [3.63, 3.8) is 0 Å². The van der Waals surface area contributed by atoms with Crippen molar-refractivity contribution in [3.8, 4) is 10.4 Å². The molecule has 0 spiro atoms. The standard InChI is InChI=1S/C50H53NOS/c1-9-29-50(30-10-2)44-32-36-14-12-11-13-35(36)31-43(44)47(52)45(50)33-42-27-28-46(53-42)34-15-21-39(22-16-34)51(40-23-17-37(18-24-40)48(3,4)5)41-25-19-38(20-26-41)49(6,7)8/h11-28,31-33H,9-10,29-30H2,1-8H3/b45-33-. The summed E-state index contributed by atoms with van der Waals surface area (Å²) in [7, 11) is 0. The zero-order chi connectivity index (χ0) is 37.5. The zero-order valence-electron chi connectivity index (χ0n) is 32.7. The number of fused-ring (bicyclic) bond motifs is 2. The molecule has 0 aliphatic heterocycles. The third-order valence-corrected chi connectivity index (χ3v) is 12.1. The number of nitrogens with zero attached hydrogens (tertiary/aromatic N) is 1. The van der Waals surface area contributed by atoms with Crippen LogP contribution in [0.4, 0.5) is 17.1 Å². The van der Waals surface area contributed by atoms with Crippen molar-refractivity contribution in [1.29, 1.82) is 0 Å². The fourth-order valence-electron chi connectivity index (χ4n) is 8.22. The van der Waals surface area contributed by atoms with Crippen LogP contribution < -0.4 is 4.90 Å². The van der Waals surface area contributed by atoms with E-state index < -0.39 is 0 Å². The van der Waals surface area contributed by atoms with Crippen molar-refractivity contribution in [2.45, 2.75) is 97.3 Å². The zero-order valence-corrected chi connectivity index (χ0v) is 33.5. The summed E-state index contributed by atoms with van der Waals surface area (Å²) in [4.78, 5) is 19.0. The summed E-state index contributed by atoms with van der Waals surface area (Å²) in [5.74, 6) is 0.193. The summed E-state index contributed by atoms with van der Waals surface area (Å²) >= 11 is 1.77. The van der Waals surface area contributed by atoms with Crippen molar-refractivity contribution >= 4 is 51.0 Å². The van der Waals surface area contributed by atoms with Gasteiger partial charge in [-0.2, -0.15) is 0 Å². The molecular formula is C50H53NOS. The normalized spacial score (nSPS) is 14.9. The van der Waals surface area contributed by atoms with Crippen molar-refractivity contribution < 1.29 is 4.79 Å². The summed E-state index contributed by atoms with van der Waals surface area (Å²) in [6.07, 6.45) is 6.20. The van der Waals surface area contributed by atoms with E-state index >= 15 is 0 Å². The molecule has 0 amide bonds. The van der Waals surface area contributed by atoms with Crippen LogP contribution in [0.2, 0.25) is 0 Å². The van der Waals surface area contributed by atoms with E-state index in [9.17, 15) is 4.79 Å². The summed E-state index contributed by atoms with van der Waals surface area (Å²) in [6, 6.07) is 44.2. The van der Waals surface area contributed by atoms with Crippen LogP contribution in [0, 0.1) is 0 Å². The second-order valence-corrected chi connectivity index (χ2v) is 18.0. The Bertz CT molecular complexity index is 2210. The average Bonchev–Trinajstić information content (AvgIpc) is 3.69. The molecule has 1 aromatic heterocycles. The molecule has 0 saturated carbocycles. The monoisotopic (exact) mass is 715 g/mol. The predicted octanol–water partition coefficient (Wildman–Crippen LogP) is 14.8. The van der Waals surface area contributed by atoms with Gasteiger partial charge >= 0.3 is 0 Å². The van der Waals surface area contributed by atoms with Crippen molar-refractivity contribution in [3.05, 3.63) is 154 Å². The quantitative estimate of drug-likeness (QED) is 0.139. The van der Waals surface area contributed by atoms with Gasteiger partial charge in [0.15, 0.2) is 5.78 Å². The Balaban J connectivity index is 1.23. The molecule has 270 valence electrons.